The molecule has 0 aliphatic heterocycles. The Kier molecular flexibility index (Phi) is 4.75. The summed E-state index contributed by atoms with van der Waals surface area (Å²) in [6.07, 6.45) is 0. The van der Waals surface area contributed by atoms with E-state index in [2.05, 4.69) is 0 Å². The van der Waals surface area contributed by atoms with Crippen molar-refractivity contribution in [2.24, 2.45) is 0 Å². The van der Waals surface area contributed by atoms with Gasteiger partial charge in [-0.1, -0.05) is 0 Å². The van der Waals surface area contributed by atoms with Crippen molar-refractivity contribution in [3.63, 3.8) is 0 Å². The largest absolute Gasteiger partial charge is 0.459 e. The second kappa shape index (κ2) is 5.78. The highest BCUT2D eigenvalue weighted by Crippen LogP contribution is 2.15. The smallest absolute Gasteiger partial charge is 0.321 e. The molecule has 0 aromatic heterocycles. The highest BCUT2D eigenvalue weighted by molar-refractivity contribution is 7.91. The van der Waals surface area contributed by atoms with Gasteiger partial charge >= 0.3 is 5.97 Å². The van der Waals surface area contributed by atoms with Gasteiger partial charge in [-0.15, -0.1) is 0 Å². The van der Waals surface area contributed by atoms with Gasteiger partial charge in [0.25, 0.3) is 0 Å². The van der Waals surface area contributed by atoms with Crippen molar-refractivity contribution < 1.29 is 22.3 Å². The molecule has 0 bridgehead atoms. The van der Waals surface area contributed by atoms with E-state index in [1.807, 2.05) is 0 Å². The number of hydrogen-bond donors (Lipinski definition) is 1. The molecule has 1 aromatic rings. The van der Waals surface area contributed by atoms with E-state index < -0.39 is 38.7 Å². The zero-order chi connectivity index (χ0) is 15.6. The molecule has 0 aliphatic rings. The number of esters is 1. The Bertz CT molecular complexity index is 585. The number of nitrogen functional groups attached to an aromatic ring is 1. The first-order valence-corrected chi connectivity index (χ1v) is 7.76. The van der Waals surface area contributed by atoms with Gasteiger partial charge in [0.1, 0.15) is 17.2 Å². The van der Waals surface area contributed by atoms with Gasteiger partial charge in [-0.3, -0.25) is 4.79 Å². The second-order valence-electron chi connectivity index (χ2n) is 5.51. The number of nitrogens with two attached hydrogens (primary N) is 1. The van der Waals surface area contributed by atoms with E-state index in [1.165, 1.54) is 6.07 Å². The highest BCUT2D eigenvalue weighted by Gasteiger charge is 2.23. The number of carbonyl (C=O) groups excluding carboxylic acids is 1. The molecule has 0 saturated carbocycles. The van der Waals surface area contributed by atoms with Crippen LogP contribution < -0.4 is 5.73 Å². The summed E-state index contributed by atoms with van der Waals surface area (Å²) in [5.41, 5.74) is 5.01. The fourth-order valence-corrected chi connectivity index (χ4v) is 2.81. The Labute approximate surface area is 117 Å². The number of carbonyl (C=O) groups is 1. The molecule has 0 aliphatic carbocycles. The number of benzene rings is 1. The lowest BCUT2D eigenvalue weighted by Crippen LogP contribution is -2.29. The molecule has 0 heterocycles. The lowest BCUT2D eigenvalue weighted by molar-refractivity contribution is -0.151. The Balaban J connectivity index is 2.77. The van der Waals surface area contributed by atoms with Crippen LogP contribution in [0.2, 0.25) is 0 Å². The molecule has 5 nitrogen and oxygen atoms in total. The molecule has 1 rings (SSSR count). The van der Waals surface area contributed by atoms with Crippen molar-refractivity contribution in [2.75, 3.05) is 11.5 Å². The van der Waals surface area contributed by atoms with Crippen molar-refractivity contribution in [2.45, 2.75) is 32.1 Å². The summed E-state index contributed by atoms with van der Waals surface area (Å²) >= 11 is 0. The lowest BCUT2D eigenvalue weighted by Gasteiger charge is -2.19. The third-order valence-electron chi connectivity index (χ3n) is 2.12. The number of hydrogen-bond acceptors (Lipinski definition) is 5. The van der Waals surface area contributed by atoms with Crippen LogP contribution in [0.1, 0.15) is 26.3 Å². The number of halogens is 1. The average Bonchev–Trinajstić information content (AvgIpc) is 2.08. The normalized spacial score (nSPS) is 12.2. The molecule has 0 amide bonds. The molecule has 0 radical (unpaired) electrons. The van der Waals surface area contributed by atoms with Crippen LogP contribution >= 0.6 is 0 Å². The van der Waals surface area contributed by atoms with Crippen LogP contribution in [0.3, 0.4) is 0 Å². The zero-order valence-electron chi connectivity index (χ0n) is 11.6. The predicted molar refractivity (Wildman–Crippen MR) is 74.1 cm³/mol. The maximum atomic E-state index is 13.1. The van der Waals surface area contributed by atoms with Crippen LogP contribution in [0.15, 0.2) is 18.2 Å². The molecule has 1 aromatic carbocycles. The molecule has 112 valence electrons. The van der Waals surface area contributed by atoms with Gasteiger partial charge in [-0.05, 0) is 44.5 Å². The molecule has 20 heavy (non-hydrogen) atoms. The first kappa shape index (κ1) is 16.4. The predicted octanol–water partition coefficient (Wildman–Crippen LogP) is 1.66. The monoisotopic (exact) mass is 303 g/mol. The minimum Gasteiger partial charge on any atom is -0.459 e. The average molecular weight is 303 g/mol. The summed E-state index contributed by atoms with van der Waals surface area (Å²) < 4.78 is 41.8. The third kappa shape index (κ3) is 6.01. The minimum absolute atomic E-state index is 0.132. The van der Waals surface area contributed by atoms with E-state index in [0.29, 0.717) is 0 Å². The molecule has 0 spiro atoms. The summed E-state index contributed by atoms with van der Waals surface area (Å²) in [5, 5.41) is 0. The van der Waals surface area contributed by atoms with E-state index in [4.69, 9.17) is 10.5 Å². The van der Waals surface area contributed by atoms with Crippen LogP contribution in [-0.4, -0.2) is 25.7 Å². The van der Waals surface area contributed by atoms with Gasteiger partial charge in [-0.2, -0.15) is 0 Å². The maximum absolute atomic E-state index is 13.1. The Morgan fingerprint density at radius 3 is 2.40 bits per heavy atom. The molecule has 0 unspecified atom stereocenters. The zero-order valence-corrected chi connectivity index (χ0v) is 12.5. The van der Waals surface area contributed by atoms with Crippen molar-refractivity contribution in [3.8, 4) is 0 Å². The quantitative estimate of drug-likeness (QED) is 0.675. The molecule has 0 fully saturated rings. The third-order valence-corrected chi connectivity index (χ3v) is 3.57. The van der Waals surface area contributed by atoms with Crippen LogP contribution in [0.25, 0.3) is 0 Å². The van der Waals surface area contributed by atoms with E-state index in [9.17, 15) is 17.6 Å². The van der Waals surface area contributed by atoms with Gasteiger partial charge in [0.2, 0.25) is 0 Å². The van der Waals surface area contributed by atoms with Gasteiger partial charge in [0.05, 0.1) is 5.75 Å². The highest BCUT2D eigenvalue weighted by atomic mass is 32.2. The van der Waals surface area contributed by atoms with E-state index in [0.717, 1.165) is 12.1 Å². The standard InChI is InChI=1S/C13H18FNO4S/c1-13(2,3)19-12(16)8-20(17,18)7-9-4-10(14)6-11(15)5-9/h4-6H,7-8,15H2,1-3H3. The van der Waals surface area contributed by atoms with Crippen LogP contribution in [0.4, 0.5) is 10.1 Å². The first-order chi connectivity index (χ1) is 8.97. The Morgan fingerprint density at radius 1 is 1.30 bits per heavy atom. The number of ether oxygens (including phenoxy) is 1. The van der Waals surface area contributed by atoms with Crippen molar-refractivity contribution in [1.29, 1.82) is 0 Å². The number of rotatable bonds is 4. The fraction of sp³-hybridized carbons (Fsp3) is 0.462. The minimum atomic E-state index is -3.74. The SMILES string of the molecule is CC(C)(C)OC(=O)CS(=O)(=O)Cc1cc(N)cc(F)c1. The second-order valence-corrected chi connectivity index (χ2v) is 7.58. The van der Waals surface area contributed by atoms with Crippen molar-refractivity contribution in [1.82, 2.24) is 0 Å². The van der Waals surface area contributed by atoms with Crippen LogP contribution in [-0.2, 0) is 25.1 Å². The summed E-state index contributed by atoms with van der Waals surface area (Å²) in [6.45, 7) is 4.93. The lowest BCUT2D eigenvalue weighted by atomic mass is 10.2. The summed E-state index contributed by atoms with van der Waals surface area (Å²) in [6, 6.07) is 3.52. The van der Waals surface area contributed by atoms with Crippen LogP contribution in [0, 0.1) is 5.82 Å². The van der Waals surface area contributed by atoms with Gasteiger partial charge in [0.15, 0.2) is 9.84 Å². The maximum Gasteiger partial charge on any atom is 0.321 e. The topological polar surface area (TPSA) is 86.5 Å². The molecule has 7 heteroatoms. The first-order valence-electron chi connectivity index (χ1n) is 5.94. The Hall–Kier alpha value is -1.63. The summed E-state index contributed by atoms with van der Waals surface area (Å²) in [4.78, 5) is 11.5. The van der Waals surface area contributed by atoms with E-state index >= 15 is 0 Å². The molecular formula is C13H18FNO4S. The van der Waals surface area contributed by atoms with Gasteiger partial charge in [-0.25, -0.2) is 12.8 Å². The molecule has 0 atom stereocenters. The summed E-state index contributed by atoms with van der Waals surface area (Å²) in [7, 11) is -3.74. The van der Waals surface area contributed by atoms with Crippen molar-refractivity contribution in [3.05, 3.63) is 29.6 Å². The van der Waals surface area contributed by atoms with Gasteiger partial charge < -0.3 is 10.5 Å². The molecule has 2 N–H and O–H groups in total. The molecular weight excluding hydrogens is 285 g/mol. The van der Waals surface area contributed by atoms with E-state index in [-0.39, 0.29) is 11.3 Å². The van der Waals surface area contributed by atoms with Crippen molar-refractivity contribution >= 4 is 21.5 Å². The fourth-order valence-electron chi connectivity index (χ4n) is 1.61. The number of anilines is 1. The van der Waals surface area contributed by atoms with E-state index in [1.54, 1.807) is 20.8 Å². The molecule has 0 saturated heterocycles. The van der Waals surface area contributed by atoms with Crippen LogP contribution in [0.5, 0.6) is 0 Å². The number of sulfone groups is 1. The summed E-state index contributed by atoms with van der Waals surface area (Å²) in [5.74, 6) is -2.66. The van der Waals surface area contributed by atoms with Gasteiger partial charge in [0, 0.05) is 5.69 Å². The Morgan fingerprint density at radius 2 is 1.90 bits per heavy atom.